The summed E-state index contributed by atoms with van der Waals surface area (Å²) < 4.78 is 5.14. The lowest BCUT2D eigenvalue weighted by molar-refractivity contribution is 0.164. The topological polar surface area (TPSA) is 33.3 Å². The molecule has 1 saturated carbocycles. The van der Waals surface area contributed by atoms with Gasteiger partial charge in [0.25, 0.3) is 0 Å². The van der Waals surface area contributed by atoms with E-state index in [-0.39, 0.29) is 5.54 Å². The van der Waals surface area contributed by atoms with Gasteiger partial charge in [0.2, 0.25) is 0 Å². The van der Waals surface area contributed by atoms with Crippen LogP contribution in [-0.2, 0) is 10.3 Å². The van der Waals surface area contributed by atoms with Crippen LogP contribution in [0.3, 0.4) is 0 Å². The van der Waals surface area contributed by atoms with E-state index in [1.807, 2.05) is 12.1 Å². The summed E-state index contributed by atoms with van der Waals surface area (Å²) in [4.78, 5) is 0. The second-order valence-corrected chi connectivity index (χ2v) is 6.21. The normalized spacial score (nSPS) is 26.0. The minimum atomic E-state index is -0.0658. The molecular weight excluding hydrogens is 284 g/mol. The fourth-order valence-electron chi connectivity index (χ4n) is 3.52. The van der Waals surface area contributed by atoms with Gasteiger partial charge in [0, 0.05) is 24.8 Å². The van der Waals surface area contributed by atoms with E-state index in [9.17, 15) is 0 Å². The Balaban J connectivity index is 2.18. The average Bonchev–Trinajstić information content (AvgIpc) is 2.52. The van der Waals surface area contributed by atoms with Crippen molar-refractivity contribution in [3.05, 3.63) is 34.9 Å². The maximum absolute atomic E-state index is 6.49. The number of halogens is 1. The largest absolute Gasteiger partial charge is 0.385 e. The first-order valence-corrected chi connectivity index (χ1v) is 8.28. The second-order valence-electron chi connectivity index (χ2n) is 5.80. The van der Waals surface area contributed by atoms with Crippen molar-refractivity contribution in [2.24, 2.45) is 0 Å². The van der Waals surface area contributed by atoms with Gasteiger partial charge >= 0.3 is 0 Å². The van der Waals surface area contributed by atoms with Gasteiger partial charge in [-0.3, -0.25) is 0 Å². The van der Waals surface area contributed by atoms with E-state index in [0.29, 0.717) is 6.04 Å². The maximum Gasteiger partial charge on any atom is 0.0602 e. The third kappa shape index (κ3) is 3.78. The molecule has 0 unspecified atom stereocenters. The highest BCUT2D eigenvalue weighted by molar-refractivity contribution is 6.31. The van der Waals surface area contributed by atoms with Crippen molar-refractivity contribution in [2.45, 2.75) is 43.7 Å². The van der Waals surface area contributed by atoms with Crippen molar-refractivity contribution in [1.82, 2.24) is 10.6 Å². The smallest absolute Gasteiger partial charge is 0.0602 e. The molecule has 21 heavy (non-hydrogen) atoms. The Hall–Kier alpha value is -0.610. The van der Waals surface area contributed by atoms with Crippen LogP contribution in [0.2, 0.25) is 5.02 Å². The van der Waals surface area contributed by atoms with Crippen molar-refractivity contribution >= 4 is 11.6 Å². The lowest BCUT2D eigenvalue weighted by atomic mass is 9.72. The van der Waals surface area contributed by atoms with E-state index >= 15 is 0 Å². The lowest BCUT2D eigenvalue weighted by Gasteiger charge is -2.45. The van der Waals surface area contributed by atoms with Crippen LogP contribution >= 0.6 is 11.6 Å². The van der Waals surface area contributed by atoms with Crippen LogP contribution < -0.4 is 10.6 Å². The molecule has 0 amide bonds. The molecule has 0 aliphatic heterocycles. The molecule has 0 saturated heterocycles. The molecule has 4 heteroatoms. The monoisotopic (exact) mass is 310 g/mol. The van der Waals surface area contributed by atoms with Crippen LogP contribution in [0, 0.1) is 0 Å². The first-order valence-electron chi connectivity index (χ1n) is 7.91. The molecule has 1 aromatic carbocycles. The number of benzene rings is 1. The highest BCUT2D eigenvalue weighted by Crippen LogP contribution is 2.40. The van der Waals surface area contributed by atoms with Gasteiger partial charge in [0.1, 0.15) is 0 Å². The Kier molecular flexibility index (Phi) is 6.49. The molecule has 1 aliphatic carbocycles. The Morgan fingerprint density at radius 3 is 2.86 bits per heavy atom. The zero-order chi connectivity index (χ0) is 15.1. The predicted molar refractivity (Wildman–Crippen MR) is 88.9 cm³/mol. The molecule has 1 aliphatic rings. The summed E-state index contributed by atoms with van der Waals surface area (Å²) >= 11 is 6.49. The third-order valence-corrected chi connectivity index (χ3v) is 4.95. The van der Waals surface area contributed by atoms with Crippen molar-refractivity contribution in [1.29, 1.82) is 0 Å². The summed E-state index contributed by atoms with van der Waals surface area (Å²) in [7, 11) is 3.81. The van der Waals surface area contributed by atoms with Gasteiger partial charge in [-0.1, -0.05) is 42.6 Å². The Morgan fingerprint density at radius 2 is 2.14 bits per heavy atom. The van der Waals surface area contributed by atoms with Crippen LogP contribution in [0.1, 0.15) is 37.7 Å². The number of rotatable bonds is 7. The standard InChI is InChI=1S/C17H27ClN2O/c1-19-17(14-8-3-4-9-15(14)18)11-6-5-10-16(17)20-12-7-13-21-2/h3-4,8-9,16,19-20H,5-7,10-13H2,1-2H3/t16-,17+/m0/s1. The van der Waals surface area contributed by atoms with Gasteiger partial charge in [-0.25, -0.2) is 0 Å². The lowest BCUT2D eigenvalue weighted by Crippen LogP contribution is -2.58. The molecule has 2 N–H and O–H groups in total. The molecule has 0 spiro atoms. The third-order valence-electron chi connectivity index (χ3n) is 4.63. The minimum absolute atomic E-state index is 0.0658. The summed E-state index contributed by atoms with van der Waals surface area (Å²) in [5.74, 6) is 0. The summed E-state index contributed by atoms with van der Waals surface area (Å²) in [5.41, 5.74) is 1.15. The average molecular weight is 311 g/mol. The minimum Gasteiger partial charge on any atom is -0.385 e. The number of methoxy groups -OCH3 is 1. The molecule has 0 bridgehead atoms. The van der Waals surface area contributed by atoms with Crippen molar-refractivity contribution in [3.63, 3.8) is 0 Å². The molecule has 0 radical (unpaired) electrons. The van der Waals surface area contributed by atoms with Gasteiger partial charge in [-0.05, 0) is 44.5 Å². The van der Waals surface area contributed by atoms with E-state index in [4.69, 9.17) is 16.3 Å². The van der Waals surface area contributed by atoms with Gasteiger partial charge < -0.3 is 15.4 Å². The number of ether oxygens (including phenoxy) is 1. The number of nitrogens with one attached hydrogen (secondary N) is 2. The summed E-state index contributed by atoms with van der Waals surface area (Å²) in [6.45, 7) is 1.78. The molecule has 0 aromatic heterocycles. The quantitative estimate of drug-likeness (QED) is 0.758. The van der Waals surface area contributed by atoms with Gasteiger partial charge in [-0.2, -0.15) is 0 Å². The molecule has 1 aromatic rings. The van der Waals surface area contributed by atoms with Crippen molar-refractivity contribution in [2.75, 3.05) is 27.3 Å². The predicted octanol–water partition coefficient (Wildman–Crippen LogP) is 3.32. The van der Waals surface area contributed by atoms with E-state index < -0.39 is 0 Å². The summed E-state index contributed by atoms with van der Waals surface area (Å²) in [5, 5.41) is 8.17. The highest BCUT2D eigenvalue weighted by atomic mass is 35.5. The van der Waals surface area contributed by atoms with Crippen LogP contribution in [0.5, 0.6) is 0 Å². The molecule has 118 valence electrons. The van der Waals surface area contributed by atoms with Crippen LogP contribution in [0.4, 0.5) is 0 Å². The van der Waals surface area contributed by atoms with Crippen molar-refractivity contribution < 1.29 is 4.74 Å². The maximum atomic E-state index is 6.49. The number of likely N-dealkylation sites (N-methyl/N-ethyl adjacent to an activating group) is 1. The molecular formula is C17H27ClN2O. The second kappa shape index (κ2) is 8.14. The Bertz CT molecular complexity index is 441. The van der Waals surface area contributed by atoms with Gasteiger partial charge in [0.15, 0.2) is 0 Å². The zero-order valence-corrected chi connectivity index (χ0v) is 13.9. The Labute approximate surface area is 133 Å². The van der Waals surface area contributed by atoms with E-state index in [2.05, 4.69) is 29.8 Å². The van der Waals surface area contributed by atoms with Crippen molar-refractivity contribution in [3.8, 4) is 0 Å². The molecule has 0 heterocycles. The first kappa shape index (κ1) is 16.8. The van der Waals surface area contributed by atoms with E-state index in [1.54, 1.807) is 7.11 Å². The van der Waals surface area contributed by atoms with Crippen LogP contribution in [0.15, 0.2) is 24.3 Å². The van der Waals surface area contributed by atoms with Gasteiger partial charge in [-0.15, -0.1) is 0 Å². The molecule has 1 fully saturated rings. The van der Waals surface area contributed by atoms with Gasteiger partial charge in [0.05, 0.1) is 5.54 Å². The van der Waals surface area contributed by atoms with Crippen LogP contribution in [0.25, 0.3) is 0 Å². The summed E-state index contributed by atoms with van der Waals surface area (Å²) in [6.07, 6.45) is 5.85. The Morgan fingerprint density at radius 1 is 1.33 bits per heavy atom. The van der Waals surface area contributed by atoms with E-state index in [0.717, 1.165) is 31.0 Å². The first-order chi connectivity index (χ1) is 10.2. The van der Waals surface area contributed by atoms with E-state index in [1.165, 1.54) is 24.8 Å². The zero-order valence-electron chi connectivity index (χ0n) is 13.1. The molecule has 2 rings (SSSR count). The fourth-order valence-corrected chi connectivity index (χ4v) is 3.83. The molecule has 2 atom stereocenters. The highest BCUT2D eigenvalue weighted by Gasteiger charge is 2.41. The van der Waals surface area contributed by atoms with Crippen LogP contribution in [-0.4, -0.2) is 33.4 Å². The SMILES string of the molecule is CN[C@@]1(c2ccccc2Cl)CCCC[C@@H]1NCCCOC. The molecule has 3 nitrogen and oxygen atoms in total. The number of hydrogen-bond acceptors (Lipinski definition) is 3. The summed E-state index contributed by atoms with van der Waals surface area (Å²) in [6, 6.07) is 8.64. The fraction of sp³-hybridized carbons (Fsp3) is 0.647. The number of hydrogen-bond donors (Lipinski definition) is 2.